The Morgan fingerprint density at radius 1 is 1.20 bits per heavy atom. The number of benzene rings is 2. The van der Waals surface area contributed by atoms with Gasteiger partial charge in [-0.05, 0) is 48.9 Å². The van der Waals surface area contributed by atoms with Crippen LogP contribution in [0.1, 0.15) is 22.8 Å². The second-order valence-electron chi connectivity index (χ2n) is 4.89. The average Bonchev–Trinajstić information content (AvgIpc) is 2.63. The van der Waals surface area contributed by atoms with Gasteiger partial charge >= 0.3 is 0 Å². The Morgan fingerprint density at radius 2 is 1.92 bits per heavy atom. The van der Waals surface area contributed by atoms with Gasteiger partial charge in [-0.2, -0.15) is 5.10 Å². The number of methoxy groups -OCH3 is 2. The van der Waals surface area contributed by atoms with Gasteiger partial charge in [0.15, 0.2) is 11.5 Å². The Balaban J connectivity index is 2.08. The van der Waals surface area contributed by atoms with Gasteiger partial charge in [-0.3, -0.25) is 4.79 Å². The van der Waals surface area contributed by atoms with E-state index in [0.29, 0.717) is 40.0 Å². The number of hydrazone groups is 1. The molecule has 1 amide bonds. The summed E-state index contributed by atoms with van der Waals surface area (Å²) in [6, 6.07) is 10.1. The summed E-state index contributed by atoms with van der Waals surface area (Å²) in [5.74, 6) is 1.32. The fraction of sp³-hybridized carbons (Fsp3) is 0.222. The topological polar surface area (TPSA) is 69.2 Å². The summed E-state index contributed by atoms with van der Waals surface area (Å²) in [7, 11) is 3.09. The third kappa shape index (κ3) is 4.87. The highest BCUT2D eigenvalue weighted by molar-refractivity contribution is 6.32. The molecule has 132 valence electrons. The molecular weight excluding hydrogens is 344 g/mol. The van der Waals surface area contributed by atoms with Crippen LogP contribution in [0.25, 0.3) is 0 Å². The number of nitrogens with one attached hydrogen (secondary N) is 1. The monoisotopic (exact) mass is 362 g/mol. The molecule has 0 atom stereocenters. The predicted molar refractivity (Wildman–Crippen MR) is 97.2 cm³/mol. The van der Waals surface area contributed by atoms with Crippen LogP contribution in [0.15, 0.2) is 41.5 Å². The maximum Gasteiger partial charge on any atom is 0.271 e. The predicted octanol–water partition coefficient (Wildman–Crippen LogP) is 3.52. The van der Waals surface area contributed by atoms with Crippen molar-refractivity contribution in [2.75, 3.05) is 20.8 Å². The van der Waals surface area contributed by atoms with Gasteiger partial charge in [-0.1, -0.05) is 11.6 Å². The molecule has 0 bridgehead atoms. The molecule has 0 heterocycles. The van der Waals surface area contributed by atoms with Crippen molar-refractivity contribution in [2.45, 2.75) is 6.92 Å². The van der Waals surface area contributed by atoms with Crippen molar-refractivity contribution >= 4 is 23.7 Å². The summed E-state index contributed by atoms with van der Waals surface area (Å²) in [4.78, 5) is 12.0. The molecule has 0 aliphatic rings. The minimum atomic E-state index is -0.331. The van der Waals surface area contributed by atoms with Gasteiger partial charge in [-0.25, -0.2) is 5.43 Å². The first-order valence-corrected chi connectivity index (χ1v) is 7.94. The summed E-state index contributed by atoms with van der Waals surface area (Å²) < 4.78 is 15.8. The molecular formula is C18H19ClN2O4. The average molecular weight is 363 g/mol. The van der Waals surface area contributed by atoms with Crippen LogP contribution in [-0.4, -0.2) is 32.9 Å². The second-order valence-corrected chi connectivity index (χ2v) is 5.30. The lowest BCUT2D eigenvalue weighted by molar-refractivity contribution is 0.0955. The number of hydrogen-bond donors (Lipinski definition) is 1. The molecule has 7 heteroatoms. The van der Waals surface area contributed by atoms with Crippen LogP contribution in [0, 0.1) is 0 Å². The lowest BCUT2D eigenvalue weighted by Gasteiger charge is -2.11. The Labute approximate surface area is 151 Å². The van der Waals surface area contributed by atoms with Crippen LogP contribution >= 0.6 is 11.6 Å². The van der Waals surface area contributed by atoms with Crippen molar-refractivity contribution in [3.05, 3.63) is 52.5 Å². The van der Waals surface area contributed by atoms with Crippen LogP contribution in [0.3, 0.4) is 0 Å². The SMILES string of the molecule is CCOc1c(Cl)cc(/C=N\NC(=O)c2ccc(OC)cc2)cc1OC. The van der Waals surface area contributed by atoms with E-state index >= 15 is 0 Å². The smallest absolute Gasteiger partial charge is 0.271 e. The second kappa shape index (κ2) is 8.94. The molecule has 0 fully saturated rings. The number of amides is 1. The molecule has 1 N–H and O–H groups in total. The van der Waals surface area contributed by atoms with Crippen LogP contribution in [0.2, 0.25) is 5.02 Å². The normalized spacial score (nSPS) is 10.6. The highest BCUT2D eigenvalue weighted by atomic mass is 35.5. The first-order valence-electron chi connectivity index (χ1n) is 7.56. The molecule has 0 aliphatic heterocycles. The number of hydrogen-bond acceptors (Lipinski definition) is 5. The van der Waals surface area contributed by atoms with Crippen LogP contribution in [0.5, 0.6) is 17.2 Å². The van der Waals surface area contributed by atoms with E-state index in [1.807, 2.05) is 6.92 Å². The van der Waals surface area contributed by atoms with Gasteiger partial charge in [0.05, 0.1) is 32.1 Å². The molecule has 6 nitrogen and oxygen atoms in total. The molecule has 25 heavy (non-hydrogen) atoms. The molecule has 2 rings (SSSR count). The number of carbonyl (C=O) groups excluding carboxylic acids is 1. The molecule has 0 aromatic heterocycles. The van der Waals surface area contributed by atoms with Crippen LogP contribution in [-0.2, 0) is 0 Å². The number of halogens is 1. The molecule has 0 radical (unpaired) electrons. The zero-order chi connectivity index (χ0) is 18.2. The quantitative estimate of drug-likeness (QED) is 0.604. The molecule has 0 aliphatic carbocycles. The van der Waals surface area contributed by atoms with Crippen molar-refractivity contribution in [3.8, 4) is 17.2 Å². The van der Waals surface area contributed by atoms with Gasteiger partial charge in [0.2, 0.25) is 0 Å². The Bertz CT molecular complexity index is 760. The maximum absolute atomic E-state index is 12.0. The fourth-order valence-electron chi connectivity index (χ4n) is 2.07. The Kier molecular flexibility index (Phi) is 6.65. The third-order valence-electron chi connectivity index (χ3n) is 3.27. The zero-order valence-corrected chi connectivity index (χ0v) is 15.0. The lowest BCUT2D eigenvalue weighted by atomic mass is 10.2. The summed E-state index contributed by atoms with van der Waals surface area (Å²) in [5.41, 5.74) is 3.60. The van der Waals surface area contributed by atoms with Crippen molar-refractivity contribution in [1.82, 2.24) is 5.43 Å². The minimum Gasteiger partial charge on any atom is -0.497 e. The molecule has 2 aromatic carbocycles. The highest BCUT2D eigenvalue weighted by Gasteiger charge is 2.11. The molecule has 2 aromatic rings. The third-order valence-corrected chi connectivity index (χ3v) is 3.55. The van der Waals surface area contributed by atoms with E-state index in [9.17, 15) is 4.79 Å². The van der Waals surface area contributed by atoms with Crippen molar-refractivity contribution in [1.29, 1.82) is 0 Å². The van der Waals surface area contributed by atoms with Gasteiger partial charge in [0.1, 0.15) is 5.75 Å². The number of ether oxygens (including phenoxy) is 3. The standard InChI is InChI=1S/C18H19ClN2O4/c1-4-25-17-15(19)9-12(10-16(17)24-3)11-20-21-18(22)13-5-7-14(23-2)8-6-13/h5-11H,4H2,1-3H3,(H,21,22)/b20-11-. The zero-order valence-electron chi connectivity index (χ0n) is 14.2. The minimum absolute atomic E-state index is 0.331. The van der Waals surface area contributed by atoms with Gasteiger partial charge < -0.3 is 14.2 Å². The van der Waals surface area contributed by atoms with Crippen LogP contribution in [0.4, 0.5) is 0 Å². The first kappa shape index (κ1) is 18.6. The first-order chi connectivity index (χ1) is 12.1. The lowest BCUT2D eigenvalue weighted by Crippen LogP contribution is -2.17. The molecule has 0 saturated carbocycles. The van der Waals surface area contributed by atoms with Gasteiger partial charge in [0, 0.05) is 5.56 Å². The number of nitrogens with zero attached hydrogens (tertiary/aromatic N) is 1. The summed E-state index contributed by atoms with van der Waals surface area (Å²) in [6.45, 7) is 2.33. The molecule has 0 spiro atoms. The van der Waals surface area contributed by atoms with E-state index in [1.54, 1.807) is 43.5 Å². The summed E-state index contributed by atoms with van der Waals surface area (Å²) in [5, 5.41) is 4.35. The van der Waals surface area contributed by atoms with Gasteiger partial charge in [-0.15, -0.1) is 0 Å². The highest BCUT2D eigenvalue weighted by Crippen LogP contribution is 2.35. The van der Waals surface area contributed by atoms with Crippen molar-refractivity contribution in [3.63, 3.8) is 0 Å². The maximum atomic E-state index is 12.0. The van der Waals surface area contributed by atoms with E-state index in [1.165, 1.54) is 13.3 Å². The van der Waals surface area contributed by atoms with E-state index in [-0.39, 0.29) is 5.91 Å². The fourth-order valence-corrected chi connectivity index (χ4v) is 2.34. The van der Waals surface area contributed by atoms with E-state index in [2.05, 4.69) is 10.5 Å². The number of carbonyl (C=O) groups is 1. The van der Waals surface area contributed by atoms with E-state index in [0.717, 1.165) is 0 Å². The van der Waals surface area contributed by atoms with Crippen molar-refractivity contribution in [2.24, 2.45) is 5.10 Å². The summed E-state index contributed by atoms with van der Waals surface area (Å²) >= 11 is 6.19. The summed E-state index contributed by atoms with van der Waals surface area (Å²) in [6.07, 6.45) is 1.48. The van der Waals surface area contributed by atoms with E-state index in [4.69, 9.17) is 25.8 Å². The Hall–Kier alpha value is -2.73. The van der Waals surface area contributed by atoms with Crippen LogP contribution < -0.4 is 19.6 Å². The molecule has 0 saturated heterocycles. The largest absolute Gasteiger partial charge is 0.497 e. The van der Waals surface area contributed by atoms with E-state index < -0.39 is 0 Å². The van der Waals surface area contributed by atoms with Gasteiger partial charge in [0.25, 0.3) is 5.91 Å². The Morgan fingerprint density at radius 3 is 2.52 bits per heavy atom. The molecule has 0 unspecified atom stereocenters. The van der Waals surface area contributed by atoms with Crippen molar-refractivity contribution < 1.29 is 19.0 Å². The number of rotatable bonds is 7.